The number of rotatable bonds is 3. The standard InChI is InChI=1S/C12H15N3OS/c1-8(2)7-15-11(16)10(14-12(15)17)6-9-4-3-5-13-9/h3-6,8,13H,7H2,1-2H3,(H,14,17)/b10-6+. The molecule has 0 aliphatic carbocycles. The number of nitrogens with zero attached hydrogens (tertiary/aromatic N) is 1. The first kappa shape index (κ1) is 11.9. The van der Waals surface area contributed by atoms with Gasteiger partial charge in [-0.3, -0.25) is 9.69 Å². The summed E-state index contributed by atoms with van der Waals surface area (Å²) < 4.78 is 0. The molecular formula is C12H15N3OS. The highest BCUT2D eigenvalue weighted by atomic mass is 32.1. The van der Waals surface area contributed by atoms with Gasteiger partial charge in [0.2, 0.25) is 0 Å². The van der Waals surface area contributed by atoms with Crippen LogP contribution < -0.4 is 5.32 Å². The summed E-state index contributed by atoms with van der Waals surface area (Å²) in [7, 11) is 0. The molecule has 1 aliphatic rings. The Morgan fingerprint density at radius 1 is 1.53 bits per heavy atom. The number of hydrogen-bond donors (Lipinski definition) is 2. The quantitative estimate of drug-likeness (QED) is 0.633. The smallest absolute Gasteiger partial charge is 0.276 e. The molecule has 2 N–H and O–H groups in total. The summed E-state index contributed by atoms with van der Waals surface area (Å²) in [6.07, 6.45) is 3.59. The van der Waals surface area contributed by atoms with Crippen LogP contribution in [0.1, 0.15) is 19.5 Å². The molecule has 17 heavy (non-hydrogen) atoms. The Morgan fingerprint density at radius 3 is 2.88 bits per heavy atom. The number of thiocarbonyl (C=S) groups is 1. The van der Waals surface area contributed by atoms with Crippen LogP contribution in [-0.2, 0) is 4.79 Å². The Kier molecular flexibility index (Phi) is 3.28. The third kappa shape index (κ3) is 2.55. The highest BCUT2D eigenvalue weighted by molar-refractivity contribution is 7.80. The minimum Gasteiger partial charge on any atom is -0.362 e. The van der Waals surface area contributed by atoms with Crippen molar-refractivity contribution in [3.8, 4) is 0 Å². The largest absolute Gasteiger partial charge is 0.362 e. The van der Waals surface area contributed by atoms with Gasteiger partial charge in [0, 0.05) is 18.4 Å². The molecule has 4 nitrogen and oxygen atoms in total. The van der Waals surface area contributed by atoms with Crippen molar-refractivity contribution in [1.29, 1.82) is 0 Å². The summed E-state index contributed by atoms with van der Waals surface area (Å²) in [5.74, 6) is 0.335. The molecule has 1 aromatic heterocycles. The van der Waals surface area contributed by atoms with Gasteiger partial charge in [-0.1, -0.05) is 13.8 Å². The van der Waals surface area contributed by atoms with E-state index >= 15 is 0 Å². The SMILES string of the molecule is CC(C)CN1C(=O)/C(=C\c2ccc[nH]2)NC1=S. The molecule has 2 rings (SSSR count). The predicted octanol–water partition coefficient (Wildman–Crippen LogP) is 1.73. The van der Waals surface area contributed by atoms with E-state index in [1.54, 1.807) is 11.0 Å². The molecule has 0 spiro atoms. The molecule has 0 saturated carbocycles. The normalized spacial score (nSPS) is 18.3. The van der Waals surface area contributed by atoms with Gasteiger partial charge in [0.05, 0.1) is 0 Å². The molecule has 90 valence electrons. The van der Waals surface area contributed by atoms with Crippen LogP contribution in [0.5, 0.6) is 0 Å². The predicted molar refractivity (Wildman–Crippen MR) is 71.1 cm³/mol. The van der Waals surface area contributed by atoms with E-state index in [0.29, 0.717) is 23.3 Å². The van der Waals surface area contributed by atoms with Crippen molar-refractivity contribution in [3.63, 3.8) is 0 Å². The zero-order valence-corrected chi connectivity index (χ0v) is 10.7. The lowest BCUT2D eigenvalue weighted by Crippen LogP contribution is -2.33. The average molecular weight is 249 g/mol. The van der Waals surface area contributed by atoms with Gasteiger partial charge in [-0.25, -0.2) is 0 Å². The molecule has 5 heteroatoms. The number of H-pyrrole nitrogens is 1. The number of aromatic nitrogens is 1. The number of aromatic amines is 1. The fraction of sp³-hybridized carbons (Fsp3) is 0.333. The van der Waals surface area contributed by atoms with E-state index in [2.05, 4.69) is 24.1 Å². The summed E-state index contributed by atoms with van der Waals surface area (Å²) >= 11 is 5.15. The number of amides is 1. The van der Waals surface area contributed by atoms with Gasteiger partial charge in [-0.2, -0.15) is 0 Å². The van der Waals surface area contributed by atoms with E-state index in [1.165, 1.54) is 0 Å². The minimum atomic E-state index is -0.0571. The Balaban J connectivity index is 2.18. The topological polar surface area (TPSA) is 48.1 Å². The van der Waals surface area contributed by atoms with Crippen LogP contribution in [0.15, 0.2) is 24.0 Å². The lowest BCUT2D eigenvalue weighted by atomic mass is 10.2. The molecule has 1 amide bonds. The highest BCUT2D eigenvalue weighted by Gasteiger charge is 2.30. The molecule has 1 aliphatic heterocycles. The second-order valence-electron chi connectivity index (χ2n) is 4.42. The summed E-state index contributed by atoms with van der Waals surface area (Å²) in [6.45, 7) is 4.76. The van der Waals surface area contributed by atoms with Gasteiger partial charge in [-0.15, -0.1) is 0 Å². The van der Waals surface area contributed by atoms with Crippen LogP contribution in [0, 0.1) is 5.92 Å². The first-order valence-electron chi connectivity index (χ1n) is 5.56. The van der Waals surface area contributed by atoms with Crippen LogP contribution in [-0.4, -0.2) is 27.4 Å². The van der Waals surface area contributed by atoms with Crippen LogP contribution in [0.4, 0.5) is 0 Å². The van der Waals surface area contributed by atoms with E-state index < -0.39 is 0 Å². The van der Waals surface area contributed by atoms with Crippen LogP contribution in [0.3, 0.4) is 0 Å². The van der Waals surface area contributed by atoms with Gasteiger partial charge >= 0.3 is 0 Å². The van der Waals surface area contributed by atoms with E-state index in [1.807, 2.05) is 18.3 Å². The fourth-order valence-corrected chi connectivity index (χ4v) is 1.96. The van der Waals surface area contributed by atoms with Crippen LogP contribution >= 0.6 is 12.2 Å². The van der Waals surface area contributed by atoms with E-state index in [9.17, 15) is 4.79 Å². The van der Waals surface area contributed by atoms with Gasteiger partial charge in [-0.05, 0) is 36.3 Å². The number of nitrogens with one attached hydrogen (secondary N) is 2. The van der Waals surface area contributed by atoms with E-state index in [4.69, 9.17) is 12.2 Å². The number of carbonyl (C=O) groups excluding carboxylic acids is 1. The van der Waals surface area contributed by atoms with Crippen molar-refractivity contribution < 1.29 is 4.79 Å². The second kappa shape index (κ2) is 4.71. The maximum atomic E-state index is 12.1. The van der Waals surface area contributed by atoms with Crippen molar-refractivity contribution in [2.45, 2.75) is 13.8 Å². The van der Waals surface area contributed by atoms with Crippen molar-refractivity contribution in [1.82, 2.24) is 15.2 Å². The van der Waals surface area contributed by atoms with Gasteiger partial charge in [0.25, 0.3) is 5.91 Å². The van der Waals surface area contributed by atoms with Crippen molar-refractivity contribution in [3.05, 3.63) is 29.7 Å². The summed E-state index contributed by atoms with van der Waals surface area (Å²) in [6, 6.07) is 3.78. The van der Waals surface area contributed by atoms with Crippen molar-refractivity contribution in [2.24, 2.45) is 5.92 Å². The molecular weight excluding hydrogens is 234 g/mol. The highest BCUT2D eigenvalue weighted by Crippen LogP contribution is 2.14. The molecule has 0 aromatic carbocycles. The van der Waals surface area contributed by atoms with Crippen molar-refractivity contribution >= 4 is 29.3 Å². The zero-order chi connectivity index (χ0) is 12.4. The van der Waals surface area contributed by atoms with Gasteiger partial charge < -0.3 is 10.3 Å². The summed E-state index contributed by atoms with van der Waals surface area (Å²) in [5.41, 5.74) is 1.41. The monoisotopic (exact) mass is 249 g/mol. The number of hydrogen-bond acceptors (Lipinski definition) is 2. The lowest BCUT2D eigenvalue weighted by Gasteiger charge is -2.15. The lowest BCUT2D eigenvalue weighted by molar-refractivity contribution is -0.122. The maximum Gasteiger partial charge on any atom is 0.276 e. The molecule has 1 aromatic rings. The van der Waals surface area contributed by atoms with Gasteiger partial charge in [0.1, 0.15) is 5.70 Å². The summed E-state index contributed by atoms with van der Waals surface area (Å²) in [4.78, 5) is 16.7. The molecule has 1 fully saturated rings. The first-order chi connectivity index (χ1) is 8.08. The van der Waals surface area contributed by atoms with Crippen LogP contribution in [0.25, 0.3) is 6.08 Å². The van der Waals surface area contributed by atoms with E-state index in [-0.39, 0.29) is 5.91 Å². The second-order valence-corrected chi connectivity index (χ2v) is 4.81. The van der Waals surface area contributed by atoms with Gasteiger partial charge in [0.15, 0.2) is 5.11 Å². The molecule has 0 radical (unpaired) electrons. The van der Waals surface area contributed by atoms with E-state index in [0.717, 1.165) is 5.69 Å². The number of carbonyl (C=O) groups is 1. The third-order valence-corrected chi connectivity index (χ3v) is 2.75. The Morgan fingerprint density at radius 2 is 2.29 bits per heavy atom. The molecule has 0 unspecified atom stereocenters. The Hall–Kier alpha value is -1.62. The zero-order valence-electron chi connectivity index (χ0n) is 9.86. The molecule has 1 saturated heterocycles. The molecule has 2 heterocycles. The van der Waals surface area contributed by atoms with Crippen molar-refractivity contribution in [2.75, 3.05) is 6.54 Å². The first-order valence-corrected chi connectivity index (χ1v) is 5.96. The Labute approximate surface area is 106 Å². The third-order valence-electron chi connectivity index (χ3n) is 2.43. The minimum absolute atomic E-state index is 0.0571. The fourth-order valence-electron chi connectivity index (χ4n) is 1.69. The Bertz CT molecular complexity index is 462. The average Bonchev–Trinajstić information content (AvgIpc) is 2.83. The summed E-state index contributed by atoms with van der Waals surface area (Å²) in [5, 5.41) is 3.43. The molecule has 0 atom stereocenters. The molecule has 0 bridgehead atoms. The maximum absolute atomic E-state index is 12.1. The van der Waals surface area contributed by atoms with Crippen LogP contribution in [0.2, 0.25) is 0 Å².